The number of aromatic nitrogens is 1. The summed E-state index contributed by atoms with van der Waals surface area (Å²) in [6.45, 7) is 12.4. The molecule has 2 N–H and O–H groups in total. The fourth-order valence-corrected chi connectivity index (χ4v) is 5.44. The number of carbonyl (C=O) groups excluding carboxylic acids is 1. The number of sulfone groups is 1. The SMILES string of the molecule is CCS(=O)(=O)Cc1ccc(C(=O)c2ccc(C[C@@H](C)O)cc2)c(-c2cn(C)c(=O)cc2[C@H](C)NCC(C)(C)C)c1. The van der Waals surface area contributed by atoms with Gasteiger partial charge in [-0.25, -0.2) is 8.42 Å². The van der Waals surface area contributed by atoms with Crippen molar-refractivity contribution in [3.63, 3.8) is 0 Å². The molecule has 0 saturated carbocycles. The lowest BCUT2D eigenvalue weighted by Crippen LogP contribution is -2.30. The topological polar surface area (TPSA) is 105 Å². The maximum absolute atomic E-state index is 13.9. The van der Waals surface area contributed by atoms with Crippen molar-refractivity contribution in [3.8, 4) is 11.1 Å². The Morgan fingerprint density at radius 2 is 1.62 bits per heavy atom. The molecule has 0 radical (unpaired) electrons. The van der Waals surface area contributed by atoms with E-state index in [2.05, 4.69) is 26.1 Å². The van der Waals surface area contributed by atoms with Gasteiger partial charge < -0.3 is 15.0 Å². The van der Waals surface area contributed by atoms with E-state index in [0.29, 0.717) is 40.8 Å². The molecule has 0 aliphatic heterocycles. The highest BCUT2D eigenvalue weighted by molar-refractivity contribution is 7.90. The third kappa shape index (κ3) is 8.22. The van der Waals surface area contributed by atoms with Crippen molar-refractivity contribution in [3.05, 3.63) is 92.9 Å². The van der Waals surface area contributed by atoms with E-state index in [-0.39, 0.29) is 34.3 Å². The van der Waals surface area contributed by atoms with Crippen LogP contribution in [0.3, 0.4) is 0 Å². The van der Waals surface area contributed by atoms with Gasteiger partial charge in [0.25, 0.3) is 5.56 Å². The highest BCUT2D eigenvalue weighted by Crippen LogP contribution is 2.33. The van der Waals surface area contributed by atoms with E-state index in [1.807, 2.05) is 19.1 Å². The van der Waals surface area contributed by atoms with Gasteiger partial charge in [0.15, 0.2) is 15.6 Å². The maximum Gasteiger partial charge on any atom is 0.250 e. The minimum Gasteiger partial charge on any atom is -0.393 e. The van der Waals surface area contributed by atoms with Gasteiger partial charge in [-0.2, -0.15) is 0 Å². The van der Waals surface area contributed by atoms with Crippen LogP contribution in [-0.2, 0) is 29.1 Å². The lowest BCUT2D eigenvalue weighted by molar-refractivity contribution is 0.103. The van der Waals surface area contributed by atoms with Crippen LogP contribution in [0.25, 0.3) is 11.1 Å². The summed E-state index contributed by atoms with van der Waals surface area (Å²) in [4.78, 5) is 26.6. The molecule has 3 aromatic rings. The van der Waals surface area contributed by atoms with Gasteiger partial charge in [-0.3, -0.25) is 9.59 Å². The number of nitrogens with zero attached hydrogens (tertiary/aromatic N) is 1. The Hall–Kier alpha value is -3.07. The third-order valence-electron chi connectivity index (χ3n) is 6.86. The van der Waals surface area contributed by atoms with Crippen LogP contribution < -0.4 is 10.9 Å². The molecule has 2 atom stereocenters. The fourth-order valence-electron chi connectivity index (χ4n) is 4.54. The van der Waals surface area contributed by atoms with Crippen LogP contribution in [-0.4, -0.2) is 42.3 Å². The first-order valence-corrected chi connectivity index (χ1v) is 15.5. The molecule has 7 nitrogen and oxygen atoms in total. The number of pyridine rings is 1. The van der Waals surface area contributed by atoms with Crippen molar-refractivity contribution in [2.45, 2.75) is 65.9 Å². The summed E-state index contributed by atoms with van der Waals surface area (Å²) in [6, 6.07) is 13.7. The number of benzene rings is 2. The molecule has 0 aliphatic carbocycles. The molecule has 1 heterocycles. The first-order chi connectivity index (χ1) is 18.6. The minimum atomic E-state index is -3.31. The van der Waals surface area contributed by atoms with Crippen molar-refractivity contribution in [2.24, 2.45) is 12.5 Å². The quantitative estimate of drug-likeness (QED) is 0.322. The van der Waals surface area contributed by atoms with Crippen molar-refractivity contribution in [2.75, 3.05) is 12.3 Å². The monoisotopic (exact) mass is 566 g/mol. The number of hydrogen-bond donors (Lipinski definition) is 2. The van der Waals surface area contributed by atoms with Gasteiger partial charge >= 0.3 is 0 Å². The zero-order chi connectivity index (χ0) is 29.8. The molecular formula is C32H42N2O5S. The molecule has 0 aliphatic rings. The first-order valence-electron chi connectivity index (χ1n) is 13.7. The summed E-state index contributed by atoms with van der Waals surface area (Å²) in [5.41, 5.74) is 4.26. The zero-order valence-electron chi connectivity index (χ0n) is 24.6. The largest absolute Gasteiger partial charge is 0.393 e. The molecular weight excluding hydrogens is 524 g/mol. The highest BCUT2D eigenvalue weighted by atomic mass is 32.2. The molecule has 1 aromatic heterocycles. The average Bonchev–Trinajstić information content (AvgIpc) is 2.87. The van der Waals surface area contributed by atoms with Gasteiger partial charge in [-0.1, -0.05) is 64.1 Å². The molecule has 216 valence electrons. The molecule has 8 heteroatoms. The van der Waals surface area contributed by atoms with E-state index >= 15 is 0 Å². The normalized spacial score (nSPS) is 13.7. The van der Waals surface area contributed by atoms with Crippen LogP contribution in [0.2, 0.25) is 0 Å². The van der Waals surface area contributed by atoms with Crippen LogP contribution in [0.5, 0.6) is 0 Å². The molecule has 2 aromatic carbocycles. The van der Waals surface area contributed by atoms with Crippen molar-refractivity contribution >= 4 is 15.6 Å². The fraction of sp³-hybridized carbons (Fsp3) is 0.438. The number of carbonyl (C=O) groups is 1. The van der Waals surface area contributed by atoms with Crippen molar-refractivity contribution in [1.82, 2.24) is 9.88 Å². The number of ketones is 1. The van der Waals surface area contributed by atoms with Gasteiger partial charge in [-0.05, 0) is 54.0 Å². The molecule has 3 rings (SSSR count). The summed E-state index contributed by atoms with van der Waals surface area (Å²) in [6.07, 6.45) is 1.72. The number of aryl methyl sites for hydroxylation is 1. The molecule has 0 amide bonds. The number of hydrogen-bond acceptors (Lipinski definition) is 6. The molecule has 0 unspecified atom stereocenters. The predicted octanol–water partition coefficient (Wildman–Crippen LogP) is 4.84. The van der Waals surface area contributed by atoms with E-state index in [1.165, 1.54) is 4.57 Å². The van der Waals surface area contributed by atoms with Crippen LogP contribution >= 0.6 is 0 Å². The van der Waals surface area contributed by atoms with E-state index in [1.54, 1.807) is 63.5 Å². The van der Waals surface area contributed by atoms with Crippen molar-refractivity contribution < 1.29 is 18.3 Å². The zero-order valence-corrected chi connectivity index (χ0v) is 25.4. The standard InChI is InChI=1S/C32H42N2O5S/c1-8-40(38,39)19-24-11-14-26(31(37)25-12-9-23(10-13-25)15-21(2)35)28(16-24)29-18-34(7)30(36)17-27(29)22(3)33-20-32(4,5)6/h9-14,16-18,21-22,33,35H,8,15,19-20H2,1-7H3/t21-,22+/m1/s1. The second-order valence-electron chi connectivity index (χ2n) is 11.9. The average molecular weight is 567 g/mol. The van der Waals surface area contributed by atoms with Crippen LogP contribution in [0, 0.1) is 5.41 Å². The second-order valence-corrected chi connectivity index (χ2v) is 14.2. The molecule has 0 bridgehead atoms. The Bertz CT molecular complexity index is 1510. The Morgan fingerprint density at radius 3 is 2.20 bits per heavy atom. The van der Waals surface area contributed by atoms with Crippen LogP contribution in [0.15, 0.2) is 59.5 Å². The van der Waals surface area contributed by atoms with Gasteiger partial charge in [0.2, 0.25) is 0 Å². The first kappa shape index (κ1) is 31.5. The Labute approximate surface area is 238 Å². The van der Waals surface area contributed by atoms with E-state index in [9.17, 15) is 23.1 Å². The third-order valence-corrected chi connectivity index (χ3v) is 8.51. The van der Waals surface area contributed by atoms with Gasteiger partial charge in [0, 0.05) is 54.3 Å². The second kappa shape index (κ2) is 12.6. The van der Waals surface area contributed by atoms with Gasteiger partial charge in [0.05, 0.1) is 11.9 Å². The molecule has 0 saturated heterocycles. The van der Waals surface area contributed by atoms with Gasteiger partial charge in [0.1, 0.15) is 0 Å². The number of nitrogens with one attached hydrogen (secondary N) is 1. The minimum absolute atomic E-state index is 0.0146. The lowest BCUT2D eigenvalue weighted by atomic mass is 9.88. The summed E-state index contributed by atoms with van der Waals surface area (Å²) in [5.74, 6) is -0.336. The molecule has 0 spiro atoms. The summed E-state index contributed by atoms with van der Waals surface area (Å²) >= 11 is 0. The van der Waals surface area contributed by atoms with E-state index in [4.69, 9.17) is 0 Å². The lowest BCUT2D eigenvalue weighted by Gasteiger charge is -2.25. The number of aliphatic hydroxyl groups excluding tert-OH is 1. The Kier molecular flexibility index (Phi) is 9.93. The van der Waals surface area contributed by atoms with Crippen LogP contribution in [0.4, 0.5) is 0 Å². The summed E-state index contributed by atoms with van der Waals surface area (Å²) in [7, 11) is -1.65. The summed E-state index contributed by atoms with van der Waals surface area (Å²) < 4.78 is 26.4. The van der Waals surface area contributed by atoms with Crippen molar-refractivity contribution in [1.29, 1.82) is 0 Å². The Balaban J connectivity index is 2.20. The number of aliphatic hydroxyl groups is 1. The van der Waals surface area contributed by atoms with Crippen LogP contribution in [0.1, 0.15) is 80.2 Å². The molecule has 40 heavy (non-hydrogen) atoms. The smallest absolute Gasteiger partial charge is 0.250 e. The van der Waals surface area contributed by atoms with Gasteiger partial charge in [-0.15, -0.1) is 0 Å². The Morgan fingerprint density at radius 1 is 1.00 bits per heavy atom. The summed E-state index contributed by atoms with van der Waals surface area (Å²) in [5, 5.41) is 13.2. The molecule has 0 fully saturated rings. The number of rotatable bonds is 11. The highest BCUT2D eigenvalue weighted by Gasteiger charge is 2.23. The maximum atomic E-state index is 13.9. The van der Waals surface area contributed by atoms with E-state index < -0.39 is 15.9 Å². The van der Waals surface area contributed by atoms with E-state index in [0.717, 1.165) is 11.1 Å². The predicted molar refractivity (Wildman–Crippen MR) is 161 cm³/mol.